The molecule has 1 aliphatic heterocycles. The molecule has 9 heteroatoms. The Morgan fingerprint density at radius 1 is 1.12 bits per heavy atom. The monoisotopic (exact) mass is 431 g/mol. The van der Waals surface area contributed by atoms with E-state index in [-0.39, 0.29) is 11.8 Å². The van der Waals surface area contributed by atoms with E-state index in [0.717, 1.165) is 35.4 Å². The van der Waals surface area contributed by atoms with Gasteiger partial charge in [0.15, 0.2) is 17.3 Å². The van der Waals surface area contributed by atoms with Gasteiger partial charge in [0.2, 0.25) is 5.91 Å². The summed E-state index contributed by atoms with van der Waals surface area (Å²) in [6.45, 7) is 6.59. The van der Waals surface area contributed by atoms with E-state index in [2.05, 4.69) is 27.5 Å². The van der Waals surface area contributed by atoms with Crippen molar-refractivity contribution in [1.29, 1.82) is 0 Å². The number of hydrogen-bond acceptors (Lipinski definition) is 6. The summed E-state index contributed by atoms with van der Waals surface area (Å²) >= 11 is 0. The van der Waals surface area contributed by atoms with E-state index in [1.54, 1.807) is 9.20 Å². The first-order valence-corrected chi connectivity index (χ1v) is 10.9. The average molecular weight is 432 g/mol. The number of rotatable bonds is 6. The highest BCUT2D eigenvalue weighted by Crippen LogP contribution is 2.43. The minimum atomic E-state index is -0.147. The number of nitrogens with zero attached hydrogens (tertiary/aromatic N) is 6. The summed E-state index contributed by atoms with van der Waals surface area (Å²) in [5, 5.41) is 20.5. The van der Waals surface area contributed by atoms with Gasteiger partial charge in [0.05, 0.1) is 12.3 Å². The number of para-hydroxylation sites is 1. The van der Waals surface area contributed by atoms with Crippen LogP contribution in [0.3, 0.4) is 0 Å². The van der Waals surface area contributed by atoms with Gasteiger partial charge in [0.1, 0.15) is 11.6 Å². The summed E-state index contributed by atoms with van der Waals surface area (Å²) in [4.78, 5) is 12.8. The molecule has 5 rings (SSSR count). The Morgan fingerprint density at radius 3 is 2.81 bits per heavy atom. The lowest BCUT2D eigenvalue weighted by Gasteiger charge is -2.26. The van der Waals surface area contributed by atoms with Crippen LogP contribution in [0.5, 0.6) is 5.75 Å². The number of fused-ring (bicyclic) bond motifs is 2. The Labute approximate surface area is 185 Å². The summed E-state index contributed by atoms with van der Waals surface area (Å²) in [6, 6.07) is 11.6. The lowest BCUT2D eigenvalue weighted by molar-refractivity contribution is -0.116. The summed E-state index contributed by atoms with van der Waals surface area (Å²) in [6.07, 6.45) is 2.39. The van der Waals surface area contributed by atoms with Crippen LogP contribution in [-0.2, 0) is 4.79 Å². The number of anilines is 1. The van der Waals surface area contributed by atoms with Gasteiger partial charge in [0.25, 0.3) is 0 Å². The fraction of sp³-hybridized carbons (Fsp3) is 0.348. The molecule has 0 unspecified atom stereocenters. The number of nitrogens with one attached hydrogen (secondary N) is 1. The van der Waals surface area contributed by atoms with Gasteiger partial charge in [-0.1, -0.05) is 31.5 Å². The largest absolute Gasteiger partial charge is 0.493 e. The van der Waals surface area contributed by atoms with Gasteiger partial charge >= 0.3 is 0 Å². The number of aryl methyl sites for hydroxylation is 2. The summed E-state index contributed by atoms with van der Waals surface area (Å²) in [7, 11) is 0. The van der Waals surface area contributed by atoms with Crippen molar-refractivity contribution < 1.29 is 9.53 Å². The van der Waals surface area contributed by atoms with Gasteiger partial charge in [0, 0.05) is 23.5 Å². The summed E-state index contributed by atoms with van der Waals surface area (Å²) in [5.74, 6) is 2.51. The minimum Gasteiger partial charge on any atom is -0.493 e. The first-order chi connectivity index (χ1) is 15.6. The molecule has 0 saturated carbocycles. The molecule has 4 aromatic rings. The number of hydrogen-bond donors (Lipinski definition) is 1. The molecule has 0 radical (unpaired) electrons. The Kier molecular flexibility index (Phi) is 5.08. The molecule has 1 amide bonds. The minimum absolute atomic E-state index is 0.0615. The molecule has 0 aliphatic carbocycles. The van der Waals surface area contributed by atoms with Crippen molar-refractivity contribution in [3.05, 3.63) is 59.0 Å². The molecule has 1 atom stereocenters. The molecule has 1 aromatic carbocycles. The standard InChI is InChI=1S/C23H25N7O2/c1-4-5-12-32-18-9-7-6-8-16(18)17-13-21(31)24-23-22(17)14(2)27-30(23)20-11-10-19-26-25-15(3)29(19)28-20/h6-11,17H,4-5,12-13H2,1-3H3,(H,24,31)/t17-/m1/s1. The quantitative estimate of drug-likeness (QED) is 0.469. The van der Waals surface area contributed by atoms with E-state index in [4.69, 9.17) is 9.84 Å². The van der Waals surface area contributed by atoms with Crippen LogP contribution in [0.2, 0.25) is 0 Å². The van der Waals surface area contributed by atoms with Crippen molar-refractivity contribution in [2.24, 2.45) is 0 Å². The topological polar surface area (TPSA) is 99.2 Å². The average Bonchev–Trinajstić information content (AvgIpc) is 3.33. The second-order valence-corrected chi connectivity index (χ2v) is 8.01. The van der Waals surface area contributed by atoms with Crippen molar-refractivity contribution in [2.75, 3.05) is 11.9 Å². The number of benzene rings is 1. The highest BCUT2D eigenvalue weighted by Gasteiger charge is 2.34. The number of carbonyl (C=O) groups excluding carboxylic acids is 1. The van der Waals surface area contributed by atoms with Crippen LogP contribution in [0.1, 0.15) is 54.7 Å². The maximum absolute atomic E-state index is 12.8. The molecule has 0 saturated heterocycles. The van der Waals surface area contributed by atoms with Crippen LogP contribution >= 0.6 is 0 Å². The van der Waals surface area contributed by atoms with E-state index in [1.165, 1.54) is 0 Å². The van der Waals surface area contributed by atoms with E-state index in [1.807, 2.05) is 50.2 Å². The van der Waals surface area contributed by atoms with Crippen molar-refractivity contribution in [3.63, 3.8) is 0 Å². The van der Waals surface area contributed by atoms with Crippen LogP contribution in [0, 0.1) is 13.8 Å². The lowest BCUT2D eigenvalue weighted by atomic mass is 9.85. The molecule has 0 bridgehead atoms. The predicted molar refractivity (Wildman–Crippen MR) is 119 cm³/mol. The first kappa shape index (κ1) is 20.2. The molecular weight excluding hydrogens is 406 g/mol. The number of aromatic nitrogens is 6. The van der Waals surface area contributed by atoms with Gasteiger partial charge in [-0.25, -0.2) is 0 Å². The van der Waals surface area contributed by atoms with Crippen molar-refractivity contribution >= 4 is 17.4 Å². The molecule has 0 spiro atoms. The molecule has 1 aliphatic rings. The second kappa shape index (κ2) is 8.07. The second-order valence-electron chi connectivity index (χ2n) is 8.01. The zero-order valence-electron chi connectivity index (χ0n) is 18.4. The zero-order chi connectivity index (χ0) is 22.2. The van der Waals surface area contributed by atoms with E-state index < -0.39 is 0 Å². The SMILES string of the molecule is CCCCOc1ccccc1[C@H]1CC(=O)Nc2c1c(C)nn2-c1ccc2nnc(C)n2n1. The lowest BCUT2D eigenvalue weighted by Crippen LogP contribution is -2.25. The number of amides is 1. The maximum Gasteiger partial charge on any atom is 0.226 e. The third-order valence-electron chi connectivity index (χ3n) is 5.77. The Bertz CT molecular complexity index is 1310. The van der Waals surface area contributed by atoms with Crippen LogP contribution in [-0.4, -0.2) is 42.1 Å². The van der Waals surface area contributed by atoms with Gasteiger partial charge < -0.3 is 10.1 Å². The highest BCUT2D eigenvalue weighted by molar-refractivity contribution is 5.95. The number of ether oxygens (including phenoxy) is 1. The van der Waals surface area contributed by atoms with E-state index in [0.29, 0.717) is 36.1 Å². The zero-order valence-corrected chi connectivity index (χ0v) is 18.4. The molecular formula is C23H25N7O2. The Morgan fingerprint density at radius 2 is 1.97 bits per heavy atom. The Hall–Kier alpha value is -3.75. The molecule has 9 nitrogen and oxygen atoms in total. The summed E-state index contributed by atoms with van der Waals surface area (Å²) < 4.78 is 9.43. The van der Waals surface area contributed by atoms with Crippen molar-refractivity contribution in [2.45, 2.75) is 46.0 Å². The normalized spacial score (nSPS) is 15.6. The van der Waals surface area contributed by atoms with Gasteiger partial charge in [-0.2, -0.15) is 14.3 Å². The maximum atomic E-state index is 12.8. The molecule has 32 heavy (non-hydrogen) atoms. The Balaban J connectivity index is 1.61. The molecule has 164 valence electrons. The van der Waals surface area contributed by atoms with Crippen molar-refractivity contribution in [1.82, 2.24) is 29.6 Å². The number of unbranched alkanes of at least 4 members (excludes halogenated alkanes) is 1. The predicted octanol–water partition coefficient (Wildman–Crippen LogP) is 3.58. The molecule has 0 fully saturated rings. The fourth-order valence-electron chi connectivity index (χ4n) is 4.20. The van der Waals surface area contributed by atoms with Crippen LogP contribution in [0.15, 0.2) is 36.4 Å². The van der Waals surface area contributed by atoms with Gasteiger partial charge in [-0.3, -0.25) is 4.79 Å². The van der Waals surface area contributed by atoms with Gasteiger partial charge in [-0.15, -0.1) is 15.3 Å². The van der Waals surface area contributed by atoms with E-state index >= 15 is 0 Å². The van der Waals surface area contributed by atoms with Crippen LogP contribution in [0.4, 0.5) is 5.82 Å². The third-order valence-corrected chi connectivity index (χ3v) is 5.77. The molecule has 4 heterocycles. The fourth-order valence-corrected chi connectivity index (χ4v) is 4.20. The van der Waals surface area contributed by atoms with Crippen molar-refractivity contribution in [3.8, 4) is 11.6 Å². The first-order valence-electron chi connectivity index (χ1n) is 10.9. The van der Waals surface area contributed by atoms with E-state index in [9.17, 15) is 4.79 Å². The number of carbonyl (C=O) groups is 1. The smallest absolute Gasteiger partial charge is 0.226 e. The van der Waals surface area contributed by atoms with Crippen LogP contribution in [0.25, 0.3) is 11.5 Å². The molecule has 1 N–H and O–H groups in total. The summed E-state index contributed by atoms with van der Waals surface area (Å²) in [5.41, 5.74) is 3.48. The van der Waals surface area contributed by atoms with Crippen LogP contribution < -0.4 is 10.1 Å². The highest BCUT2D eigenvalue weighted by atomic mass is 16.5. The van der Waals surface area contributed by atoms with Gasteiger partial charge in [-0.05, 0) is 38.5 Å². The third kappa shape index (κ3) is 3.39. The molecule has 3 aromatic heterocycles.